The highest BCUT2D eigenvalue weighted by molar-refractivity contribution is 5.54. The second kappa shape index (κ2) is 4.92. The molecule has 18 heavy (non-hydrogen) atoms. The van der Waals surface area contributed by atoms with Crippen LogP contribution >= 0.6 is 0 Å². The summed E-state index contributed by atoms with van der Waals surface area (Å²) in [6.45, 7) is 1.71. The molecule has 0 N–H and O–H groups in total. The summed E-state index contributed by atoms with van der Waals surface area (Å²) in [5.41, 5.74) is 0.201. The van der Waals surface area contributed by atoms with Crippen LogP contribution in [-0.4, -0.2) is 10.1 Å². The molecule has 0 radical (unpaired) electrons. The molecule has 0 bridgehead atoms. The number of hydrogen-bond donors (Lipinski definition) is 0. The summed E-state index contributed by atoms with van der Waals surface area (Å²) >= 11 is 0. The van der Waals surface area contributed by atoms with E-state index in [2.05, 4.69) is 10.1 Å². The molecule has 1 heterocycles. The second-order valence-corrected chi connectivity index (χ2v) is 3.90. The van der Waals surface area contributed by atoms with Gasteiger partial charge in [0.05, 0.1) is 12.0 Å². The molecule has 0 saturated heterocycles. The van der Waals surface area contributed by atoms with Crippen molar-refractivity contribution in [3.63, 3.8) is 0 Å². The summed E-state index contributed by atoms with van der Waals surface area (Å²) in [7, 11) is 0. The molecule has 0 fully saturated rings. The van der Waals surface area contributed by atoms with Gasteiger partial charge in [0.2, 0.25) is 11.7 Å². The van der Waals surface area contributed by atoms with Gasteiger partial charge in [-0.1, -0.05) is 5.16 Å². The lowest BCUT2D eigenvalue weighted by atomic mass is 10.1. The Hall–Kier alpha value is -2.29. The quantitative estimate of drug-likeness (QED) is 0.839. The molecule has 0 aliphatic rings. The Labute approximate surface area is 102 Å². The summed E-state index contributed by atoms with van der Waals surface area (Å²) in [5, 5.41) is 12.3. The maximum atomic E-state index is 13.0. The van der Waals surface area contributed by atoms with Gasteiger partial charge >= 0.3 is 0 Å². The number of halogens is 2. The number of nitrogens with zero attached hydrogens (tertiary/aromatic N) is 3. The van der Waals surface area contributed by atoms with Gasteiger partial charge < -0.3 is 4.52 Å². The van der Waals surface area contributed by atoms with Crippen LogP contribution in [0, 0.1) is 28.9 Å². The van der Waals surface area contributed by atoms with Gasteiger partial charge in [0.1, 0.15) is 11.6 Å². The van der Waals surface area contributed by atoms with Gasteiger partial charge in [-0.15, -0.1) is 0 Å². The van der Waals surface area contributed by atoms with Crippen molar-refractivity contribution in [1.29, 1.82) is 5.26 Å². The fourth-order valence-electron chi connectivity index (χ4n) is 1.45. The number of benzene rings is 1. The molecule has 2 aromatic rings. The third kappa shape index (κ3) is 2.69. The van der Waals surface area contributed by atoms with E-state index in [9.17, 15) is 8.78 Å². The average molecular weight is 249 g/mol. The minimum atomic E-state index is -0.707. The Balaban J connectivity index is 2.27. The Kier molecular flexibility index (Phi) is 3.33. The molecule has 0 saturated carbocycles. The van der Waals surface area contributed by atoms with Crippen molar-refractivity contribution < 1.29 is 13.3 Å². The van der Waals surface area contributed by atoms with E-state index in [1.165, 1.54) is 0 Å². The highest BCUT2D eigenvalue weighted by Crippen LogP contribution is 2.19. The molecule has 1 atom stereocenters. The first-order valence-electron chi connectivity index (χ1n) is 5.27. The molecule has 0 spiro atoms. The van der Waals surface area contributed by atoms with Crippen molar-refractivity contribution in [2.24, 2.45) is 5.92 Å². The topological polar surface area (TPSA) is 62.7 Å². The number of nitriles is 1. The zero-order chi connectivity index (χ0) is 13.1. The average Bonchev–Trinajstić information content (AvgIpc) is 2.76. The smallest absolute Gasteiger partial charge is 0.228 e. The van der Waals surface area contributed by atoms with Gasteiger partial charge in [0.25, 0.3) is 0 Å². The fourth-order valence-corrected chi connectivity index (χ4v) is 1.45. The van der Waals surface area contributed by atoms with Gasteiger partial charge in [0.15, 0.2) is 0 Å². The van der Waals surface area contributed by atoms with Crippen molar-refractivity contribution in [3.8, 4) is 17.5 Å². The molecular formula is C12H9F2N3O. The third-order valence-corrected chi connectivity index (χ3v) is 2.29. The lowest BCUT2D eigenvalue weighted by molar-refractivity contribution is 0.369. The van der Waals surface area contributed by atoms with Gasteiger partial charge in [-0.05, 0) is 19.1 Å². The number of rotatable bonds is 3. The monoisotopic (exact) mass is 249 g/mol. The molecule has 2 rings (SSSR count). The van der Waals surface area contributed by atoms with E-state index in [0.29, 0.717) is 6.42 Å². The highest BCUT2D eigenvalue weighted by atomic mass is 19.1. The van der Waals surface area contributed by atoms with E-state index in [-0.39, 0.29) is 23.2 Å². The first-order valence-corrected chi connectivity index (χ1v) is 5.27. The third-order valence-electron chi connectivity index (χ3n) is 2.29. The van der Waals surface area contributed by atoms with Crippen molar-refractivity contribution in [2.75, 3.05) is 0 Å². The van der Waals surface area contributed by atoms with Crippen LogP contribution in [0.1, 0.15) is 12.8 Å². The maximum Gasteiger partial charge on any atom is 0.228 e. The molecular weight excluding hydrogens is 240 g/mol. The van der Waals surface area contributed by atoms with Gasteiger partial charge in [-0.25, -0.2) is 8.78 Å². The Morgan fingerprint density at radius 2 is 2.00 bits per heavy atom. The summed E-state index contributed by atoms with van der Waals surface area (Å²) in [6, 6.07) is 5.03. The predicted octanol–water partition coefficient (Wildman–Crippen LogP) is 2.72. The molecule has 0 aliphatic heterocycles. The first kappa shape index (κ1) is 12.2. The minimum absolute atomic E-state index is 0.105. The molecule has 0 aliphatic carbocycles. The van der Waals surface area contributed by atoms with Crippen molar-refractivity contribution in [3.05, 3.63) is 35.7 Å². The van der Waals surface area contributed by atoms with E-state index in [4.69, 9.17) is 9.78 Å². The molecule has 1 unspecified atom stereocenters. The Morgan fingerprint density at radius 3 is 2.61 bits per heavy atom. The van der Waals surface area contributed by atoms with E-state index in [1.54, 1.807) is 6.92 Å². The van der Waals surface area contributed by atoms with Crippen LogP contribution in [0.15, 0.2) is 22.7 Å². The molecule has 1 aromatic carbocycles. The Morgan fingerprint density at radius 1 is 1.33 bits per heavy atom. The minimum Gasteiger partial charge on any atom is -0.339 e. The van der Waals surface area contributed by atoms with Gasteiger partial charge in [0, 0.05) is 18.1 Å². The van der Waals surface area contributed by atoms with Gasteiger partial charge in [-0.2, -0.15) is 10.2 Å². The van der Waals surface area contributed by atoms with Crippen LogP contribution in [-0.2, 0) is 6.42 Å². The summed E-state index contributed by atoms with van der Waals surface area (Å²) in [6.07, 6.45) is 0.307. The number of aromatic nitrogens is 2. The number of hydrogen-bond acceptors (Lipinski definition) is 4. The molecule has 0 amide bonds. The van der Waals surface area contributed by atoms with E-state index in [1.807, 2.05) is 6.07 Å². The normalized spacial score (nSPS) is 12.1. The highest BCUT2D eigenvalue weighted by Gasteiger charge is 2.13. The van der Waals surface area contributed by atoms with Crippen LogP contribution in [0.2, 0.25) is 0 Å². The van der Waals surface area contributed by atoms with Crippen molar-refractivity contribution >= 4 is 0 Å². The van der Waals surface area contributed by atoms with E-state index < -0.39 is 11.6 Å². The molecule has 1 aromatic heterocycles. The van der Waals surface area contributed by atoms with Crippen molar-refractivity contribution in [1.82, 2.24) is 10.1 Å². The second-order valence-electron chi connectivity index (χ2n) is 3.90. The van der Waals surface area contributed by atoms with Crippen LogP contribution in [0.4, 0.5) is 8.78 Å². The standard InChI is InChI=1S/C12H9F2N3O/c1-7(6-15)2-11-16-12(17-18-11)8-3-9(13)5-10(14)4-8/h3-5,7H,2H2,1H3. The van der Waals surface area contributed by atoms with Crippen molar-refractivity contribution in [2.45, 2.75) is 13.3 Å². The zero-order valence-electron chi connectivity index (χ0n) is 9.52. The van der Waals surface area contributed by atoms with E-state index in [0.717, 1.165) is 18.2 Å². The summed E-state index contributed by atoms with van der Waals surface area (Å²) < 4.78 is 30.9. The van der Waals surface area contributed by atoms with Crippen LogP contribution in [0.3, 0.4) is 0 Å². The van der Waals surface area contributed by atoms with Crippen LogP contribution in [0.5, 0.6) is 0 Å². The largest absolute Gasteiger partial charge is 0.339 e. The van der Waals surface area contributed by atoms with Gasteiger partial charge in [-0.3, -0.25) is 0 Å². The lowest BCUT2D eigenvalue weighted by Crippen LogP contribution is -1.96. The zero-order valence-corrected chi connectivity index (χ0v) is 9.52. The van der Waals surface area contributed by atoms with Crippen LogP contribution in [0.25, 0.3) is 11.4 Å². The Bertz CT molecular complexity index is 583. The van der Waals surface area contributed by atoms with Crippen LogP contribution < -0.4 is 0 Å². The SMILES string of the molecule is CC(C#N)Cc1nc(-c2cc(F)cc(F)c2)no1. The fraction of sp³-hybridized carbons (Fsp3) is 0.250. The summed E-state index contributed by atoms with van der Waals surface area (Å²) in [4.78, 5) is 3.99. The maximum absolute atomic E-state index is 13.0. The first-order chi connectivity index (χ1) is 8.58. The summed E-state index contributed by atoms with van der Waals surface area (Å²) in [5.74, 6) is -1.30. The molecule has 4 nitrogen and oxygen atoms in total. The molecule has 92 valence electrons. The van der Waals surface area contributed by atoms with E-state index >= 15 is 0 Å². The lowest BCUT2D eigenvalue weighted by Gasteiger charge is -1.96. The molecule has 6 heteroatoms. The predicted molar refractivity (Wildman–Crippen MR) is 58.1 cm³/mol.